The lowest BCUT2D eigenvalue weighted by atomic mass is 10.1. The number of non-ortho nitro benzene ring substituents is 1. The van der Waals surface area contributed by atoms with E-state index < -0.39 is 0 Å². The van der Waals surface area contributed by atoms with E-state index in [1.807, 2.05) is 19.0 Å². The Morgan fingerprint density at radius 3 is 2.89 bits per heavy atom. The highest BCUT2D eigenvalue weighted by Crippen LogP contribution is 2.31. The molecule has 2 rings (SSSR count). The molecule has 0 saturated heterocycles. The van der Waals surface area contributed by atoms with Gasteiger partial charge < -0.3 is 10.2 Å². The Morgan fingerprint density at radius 1 is 1.42 bits per heavy atom. The van der Waals surface area contributed by atoms with Gasteiger partial charge in [-0.1, -0.05) is 0 Å². The molecule has 2 aromatic rings. The number of anilines is 1. The molecule has 0 radical (unpaired) electrons. The molecule has 1 aromatic heterocycles. The predicted molar refractivity (Wildman–Crippen MR) is 75.6 cm³/mol. The maximum Gasteiger partial charge on any atom is 0.278 e. The lowest BCUT2D eigenvalue weighted by molar-refractivity contribution is -0.383. The highest BCUT2D eigenvalue weighted by molar-refractivity contribution is 5.96. The molecule has 19 heavy (non-hydrogen) atoms. The number of aromatic nitrogens is 1. The van der Waals surface area contributed by atoms with Crippen molar-refractivity contribution in [3.8, 4) is 0 Å². The number of benzene rings is 1. The van der Waals surface area contributed by atoms with E-state index in [-0.39, 0.29) is 10.6 Å². The highest BCUT2D eigenvalue weighted by atomic mass is 16.6. The molecule has 100 valence electrons. The molecular formula is C13H16N4O2. The molecule has 0 bridgehead atoms. The number of hydrogen-bond acceptors (Lipinski definition) is 5. The van der Waals surface area contributed by atoms with Gasteiger partial charge in [-0.25, -0.2) is 0 Å². The number of rotatable bonds is 5. The van der Waals surface area contributed by atoms with Crippen molar-refractivity contribution < 1.29 is 4.92 Å². The van der Waals surface area contributed by atoms with Crippen molar-refractivity contribution in [2.75, 3.05) is 32.1 Å². The monoisotopic (exact) mass is 260 g/mol. The average Bonchev–Trinajstić information content (AvgIpc) is 2.43. The Hall–Kier alpha value is -2.21. The standard InChI is InChI=1S/C13H16N4O2/c1-14-8-9-16(2)12-6-5-11(17(18)19)10-4-3-7-15-13(10)12/h3-7,14H,8-9H2,1-2H3. The van der Waals surface area contributed by atoms with Gasteiger partial charge in [0.25, 0.3) is 5.69 Å². The van der Waals surface area contributed by atoms with Gasteiger partial charge in [0, 0.05) is 32.4 Å². The molecule has 1 aromatic carbocycles. The third kappa shape index (κ3) is 2.63. The van der Waals surface area contributed by atoms with Crippen LogP contribution in [0, 0.1) is 10.1 Å². The molecular weight excluding hydrogens is 244 g/mol. The Bertz CT molecular complexity index is 600. The van der Waals surface area contributed by atoms with E-state index in [2.05, 4.69) is 10.3 Å². The molecule has 0 amide bonds. The maximum absolute atomic E-state index is 11.0. The number of fused-ring (bicyclic) bond motifs is 1. The number of nitrogens with one attached hydrogen (secondary N) is 1. The lowest BCUT2D eigenvalue weighted by Gasteiger charge is -2.20. The first-order valence-electron chi connectivity index (χ1n) is 6.03. The van der Waals surface area contributed by atoms with Crippen LogP contribution >= 0.6 is 0 Å². The SMILES string of the molecule is CNCCN(C)c1ccc([N+](=O)[O-])c2cccnc12. The molecule has 0 aliphatic heterocycles. The van der Waals surface area contributed by atoms with Crippen molar-refractivity contribution in [2.45, 2.75) is 0 Å². The van der Waals surface area contributed by atoms with Gasteiger partial charge >= 0.3 is 0 Å². The summed E-state index contributed by atoms with van der Waals surface area (Å²) in [4.78, 5) is 17.0. The fourth-order valence-corrected chi connectivity index (χ4v) is 2.01. The third-order valence-corrected chi connectivity index (χ3v) is 3.03. The summed E-state index contributed by atoms with van der Waals surface area (Å²) in [7, 11) is 3.84. The number of hydrogen-bond donors (Lipinski definition) is 1. The first-order chi connectivity index (χ1) is 9.15. The summed E-state index contributed by atoms with van der Waals surface area (Å²) < 4.78 is 0. The smallest absolute Gasteiger partial charge is 0.278 e. The van der Waals surface area contributed by atoms with Crippen LogP contribution < -0.4 is 10.2 Å². The van der Waals surface area contributed by atoms with E-state index in [0.717, 1.165) is 18.8 Å². The van der Waals surface area contributed by atoms with Gasteiger partial charge in [0.1, 0.15) is 5.52 Å². The van der Waals surface area contributed by atoms with Crippen LogP contribution in [0.15, 0.2) is 30.5 Å². The topological polar surface area (TPSA) is 71.3 Å². The quantitative estimate of drug-likeness (QED) is 0.655. The van der Waals surface area contributed by atoms with Crippen molar-refractivity contribution in [1.82, 2.24) is 10.3 Å². The first-order valence-corrected chi connectivity index (χ1v) is 6.03. The van der Waals surface area contributed by atoms with E-state index in [1.165, 1.54) is 6.07 Å². The van der Waals surface area contributed by atoms with Crippen LogP contribution in [0.1, 0.15) is 0 Å². The molecule has 0 fully saturated rings. The van der Waals surface area contributed by atoms with Gasteiger partial charge in [0.05, 0.1) is 16.0 Å². The molecule has 0 aliphatic carbocycles. The number of nitrogens with zero attached hydrogens (tertiary/aromatic N) is 3. The summed E-state index contributed by atoms with van der Waals surface area (Å²) in [5, 5.41) is 14.7. The van der Waals surface area contributed by atoms with Gasteiger partial charge in [0.2, 0.25) is 0 Å². The summed E-state index contributed by atoms with van der Waals surface area (Å²) in [5.41, 5.74) is 1.65. The minimum atomic E-state index is -0.374. The summed E-state index contributed by atoms with van der Waals surface area (Å²) in [5.74, 6) is 0. The summed E-state index contributed by atoms with van der Waals surface area (Å²) in [6, 6.07) is 6.74. The Labute approximate surface area is 111 Å². The second kappa shape index (κ2) is 5.62. The van der Waals surface area contributed by atoms with Crippen LogP contribution in [0.3, 0.4) is 0 Å². The summed E-state index contributed by atoms with van der Waals surface area (Å²) in [6.07, 6.45) is 1.65. The summed E-state index contributed by atoms with van der Waals surface area (Å²) in [6.45, 7) is 1.64. The Morgan fingerprint density at radius 2 is 2.21 bits per heavy atom. The fraction of sp³-hybridized carbons (Fsp3) is 0.308. The molecule has 1 N–H and O–H groups in total. The third-order valence-electron chi connectivity index (χ3n) is 3.03. The van der Waals surface area contributed by atoms with Crippen molar-refractivity contribution in [1.29, 1.82) is 0 Å². The number of nitro benzene ring substituents is 1. The molecule has 0 unspecified atom stereocenters. The number of likely N-dealkylation sites (N-methyl/N-ethyl adjacent to an activating group) is 2. The molecule has 6 heteroatoms. The number of pyridine rings is 1. The van der Waals surface area contributed by atoms with Crippen LogP contribution in [-0.4, -0.2) is 37.1 Å². The lowest BCUT2D eigenvalue weighted by Crippen LogP contribution is -2.27. The van der Waals surface area contributed by atoms with Crippen molar-refractivity contribution >= 4 is 22.3 Å². The Kier molecular flexibility index (Phi) is 3.91. The van der Waals surface area contributed by atoms with E-state index in [4.69, 9.17) is 0 Å². The van der Waals surface area contributed by atoms with Crippen LogP contribution in [0.2, 0.25) is 0 Å². The van der Waals surface area contributed by atoms with Gasteiger partial charge in [-0.05, 0) is 25.2 Å². The van der Waals surface area contributed by atoms with E-state index in [1.54, 1.807) is 24.4 Å². The van der Waals surface area contributed by atoms with Gasteiger partial charge in [0.15, 0.2) is 0 Å². The van der Waals surface area contributed by atoms with E-state index >= 15 is 0 Å². The second-order valence-electron chi connectivity index (χ2n) is 4.29. The first kappa shape index (κ1) is 13.2. The Balaban J connectivity index is 2.52. The van der Waals surface area contributed by atoms with Gasteiger partial charge in [-0.3, -0.25) is 15.1 Å². The molecule has 0 saturated carbocycles. The fourth-order valence-electron chi connectivity index (χ4n) is 2.01. The van der Waals surface area contributed by atoms with Crippen molar-refractivity contribution in [3.05, 3.63) is 40.6 Å². The van der Waals surface area contributed by atoms with Gasteiger partial charge in [-0.2, -0.15) is 0 Å². The normalized spacial score (nSPS) is 10.6. The molecule has 6 nitrogen and oxygen atoms in total. The molecule has 0 aliphatic rings. The van der Waals surface area contributed by atoms with E-state index in [0.29, 0.717) is 10.9 Å². The molecule has 0 spiro atoms. The second-order valence-corrected chi connectivity index (χ2v) is 4.29. The maximum atomic E-state index is 11.0. The average molecular weight is 260 g/mol. The van der Waals surface area contributed by atoms with Crippen LogP contribution in [0.4, 0.5) is 11.4 Å². The highest BCUT2D eigenvalue weighted by Gasteiger charge is 2.16. The zero-order valence-electron chi connectivity index (χ0n) is 11.0. The number of nitro groups is 1. The van der Waals surface area contributed by atoms with Crippen LogP contribution in [0.5, 0.6) is 0 Å². The minimum absolute atomic E-state index is 0.0915. The zero-order valence-corrected chi connectivity index (χ0v) is 11.0. The summed E-state index contributed by atoms with van der Waals surface area (Å²) >= 11 is 0. The minimum Gasteiger partial charge on any atom is -0.372 e. The molecule has 0 atom stereocenters. The largest absolute Gasteiger partial charge is 0.372 e. The van der Waals surface area contributed by atoms with Crippen LogP contribution in [-0.2, 0) is 0 Å². The van der Waals surface area contributed by atoms with E-state index in [9.17, 15) is 10.1 Å². The molecule has 1 heterocycles. The van der Waals surface area contributed by atoms with Crippen molar-refractivity contribution in [2.24, 2.45) is 0 Å². The predicted octanol–water partition coefficient (Wildman–Crippen LogP) is 1.80. The zero-order chi connectivity index (χ0) is 13.8. The van der Waals surface area contributed by atoms with Gasteiger partial charge in [-0.15, -0.1) is 0 Å². The van der Waals surface area contributed by atoms with Crippen molar-refractivity contribution in [3.63, 3.8) is 0 Å². The van der Waals surface area contributed by atoms with Crippen LogP contribution in [0.25, 0.3) is 10.9 Å².